The van der Waals surface area contributed by atoms with Gasteiger partial charge in [0.1, 0.15) is 22.4 Å². The van der Waals surface area contributed by atoms with Crippen molar-refractivity contribution in [1.82, 2.24) is 0 Å². The minimum Gasteiger partial charge on any atom is -0.350 e. The third kappa shape index (κ3) is 2.44. The Bertz CT molecular complexity index is 2140. The Morgan fingerprint density at radius 2 is 0.977 bits per heavy atom. The standard InChI is InChI=1S/C42H36O2/c1-23-19-25(3)35(26(4)20-23)40-18-17-39(43-40)32-15-9-11-29-12-10-16-33(34(29)32)41-30-13-7-8-14-31(30)42(44-41,38(40)37(39)41)36-27(5)21-24(2)22-28(36)6/h7-22,37-38H,1-6H3/t37-,38+,39-,40+,41+,42-/m0/s1. The Morgan fingerprint density at radius 3 is 1.61 bits per heavy atom. The van der Waals surface area contributed by atoms with Gasteiger partial charge >= 0.3 is 0 Å². The van der Waals surface area contributed by atoms with E-state index in [1.165, 1.54) is 77.5 Å². The van der Waals surface area contributed by atoms with Crippen molar-refractivity contribution < 1.29 is 9.47 Å². The molecule has 0 radical (unpaired) electrons. The summed E-state index contributed by atoms with van der Waals surface area (Å²) >= 11 is 0. The molecule has 6 atom stereocenters. The molecule has 4 aliphatic heterocycles. The third-order valence-electron chi connectivity index (χ3n) is 11.9. The maximum absolute atomic E-state index is 8.10. The average molecular weight is 573 g/mol. The molecule has 2 saturated heterocycles. The zero-order valence-corrected chi connectivity index (χ0v) is 26.2. The Balaban J connectivity index is 1.44. The van der Waals surface area contributed by atoms with Gasteiger partial charge in [-0.1, -0.05) is 96.1 Å². The number of hydrogen-bond acceptors (Lipinski definition) is 2. The van der Waals surface area contributed by atoms with Gasteiger partial charge in [0.2, 0.25) is 0 Å². The van der Waals surface area contributed by atoms with Gasteiger partial charge in [-0.2, -0.15) is 0 Å². The summed E-state index contributed by atoms with van der Waals surface area (Å²) in [6.45, 7) is 13.5. The van der Waals surface area contributed by atoms with Gasteiger partial charge < -0.3 is 9.47 Å². The van der Waals surface area contributed by atoms with Gasteiger partial charge in [-0.3, -0.25) is 0 Å². The lowest BCUT2D eigenvalue weighted by molar-refractivity contribution is -0.147. The first-order valence-corrected chi connectivity index (χ1v) is 16.1. The molecule has 5 aliphatic rings. The normalized spacial score (nSPS) is 32.9. The van der Waals surface area contributed by atoms with Crippen LogP contribution >= 0.6 is 0 Å². The van der Waals surface area contributed by atoms with Gasteiger partial charge in [0, 0.05) is 11.8 Å². The maximum atomic E-state index is 8.10. The van der Waals surface area contributed by atoms with Crippen molar-refractivity contribution >= 4 is 10.8 Å². The monoisotopic (exact) mass is 572 g/mol. The number of hydrogen-bond donors (Lipinski definition) is 0. The molecule has 0 aromatic heterocycles. The smallest absolute Gasteiger partial charge is 0.128 e. The molecule has 5 aromatic rings. The van der Waals surface area contributed by atoms with E-state index < -0.39 is 22.4 Å². The van der Waals surface area contributed by atoms with Crippen LogP contribution in [0.4, 0.5) is 0 Å². The van der Waals surface area contributed by atoms with Crippen LogP contribution in [-0.4, -0.2) is 0 Å². The minimum atomic E-state index is -0.691. The molecule has 10 rings (SSSR count). The zero-order chi connectivity index (χ0) is 30.0. The maximum Gasteiger partial charge on any atom is 0.128 e. The third-order valence-corrected chi connectivity index (χ3v) is 11.9. The predicted molar refractivity (Wildman–Crippen MR) is 175 cm³/mol. The second kappa shape index (κ2) is 7.62. The molecule has 4 heterocycles. The quantitative estimate of drug-likeness (QED) is 0.196. The van der Waals surface area contributed by atoms with E-state index in [0.29, 0.717) is 0 Å². The van der Waals surface area contributed by atoms with E-state index in [4.69, 9.17) is 9.47 Å². The van der Waals surface area contributed by atoms with Crippen molar-refractivity contribution in [2.45, 2.75) is 63.9 Å². The lowest BCUT2D eigenvalue weighted by atomic mass is 9.48. The highest BCUT2D eigenvalue weighted by molar-refractivity contribution is 5.94. The fourth-order valence-electron chi connectivity index (χ4n) is 11.3. The van der Waals surface area contributed by atoms with Crippen molar-refractivity contribution in [2.24, 2.45) is 11.8 Å². The SMILES string of the molecule is Cc1cc(C)c([C@@]23O[C@]4(c5ccccc52)c2cccc5cccc(c25)[C@]25C=C[C@](c6c(C)cc(C)cc6C)(O2)[C@H]3[C@H]45)c(C)c1. The fraction of sp³-hybridized carbons (Fsp3) is 0.286. The molecule has 2 fully saturated rings. The molecular weight excluding hydrogens is 536 g/mol. The van der Waals surface area contributed by atoms with E-state index in [9.17, 15) is 0 Å². The van der Waals surface area contributed by atoms with E-state index in [1.54, 1.807) is 0 Å². The van der Waals surface area contributed by atoms with E-state index in [0.717, 1.165) is 0 Å². The zero-order valence-electron chi connectivity index (χ0n) is 26.2. The highest BCUT2D eigenvalue weighted by Crippen LogP contribution is 2.83. The average Bonchev–Trinajstić information content (AvgIpc) is 3.69. The van der Waals surface area contributed by atoms with Crippen molar-refractivity contribution in [1.29, 1.82) is 0 Å². The topological polar surface area (TPSA) is 18.5 Å². The molecule has 216 valence electrons. The van der Waals surface area contributed by atoms with Crippen LogP contribution in [0.3, 0.4) is 0 Å². The number of rotatable bonds is 2. The summed E-state index contributed by atoms with van der Waals surface area (Å²) in [6, 6.07) is 32.1. The number of aryl methyl sites for hydroxylation is 6. The van der Waals surface area contributed by atoms with Gasteiger partial charge in [-0.25, -0.2) is 0 Å². The van der Waals surface area contributed by atoms with Gasteiger partial charge in [0.25, 0.3) is 0 Å². The predicted octanol–water partition coefficient (Wildman–Crippen LogP) is 9.16. The Labute approximate surface area is 259 Å². The number of benzene rings is 5. The van der Waals surface area contributed by atoms with Crippen LogP contribution in [-0.2, 0) is 31.9 Å². The van der Waals surface area contributed by atoms with Gasteiger partial charge in [-0.05, 0) is 120 Å². The lowest BCUT2D eigenvalue weighted by Gasteiger charge is -2.49. The van der Waals surface area contributed by atoms with Crippen molar-refractivity contribution in [2.75, 3.05) is 0 Å². The summed E-state index contributed by atoms with van der Waals surface area (Å²) in [4.78, 5) is 0. The molecule has 0 saturated carbocycles. The Morgan fingerprint density at radius 1 is 0.477 bits per heavy atom. The molecule has 4 bridgehead atoms. The molecule has 0 unspecified atom stereocenters. The van der Waals surface area contributed by atoms with E-state index in [-0.39, 0.29) is 11.8 Å². The molecule has 2 heteroatoms. The second-order valence-electron chi connectivity index (χ2n) is 14.4. The van der Waals surface area contributed by atoms with Gasteiger partial charge in [0.15, 0.2) is 0 Å². The van der Waals surface area contributed by atoms with E-state index in [2.05, 4.69) is 139 Å². The first-order valence-electron chi connectivity index (χ1n) is 16.1. The largest absolute Gasteiger partial charge is 0.350 e. The summed E-state index contributed by atoms with van der Waals surface area (Å²) < 4.78 is 16.0. The van der Waals surface area contributed by atoms with Gasteiger partial charge in [0.05, 0.1) is 0 Å². The van der Waals surface area contributed by atoms with Gasteiger partial charge in [-0.15, -0.1) is 0 Å². The summed E-state index contributed by atoms with van der Waals surface area (Å²) in [6.07, 6.45) is 4.86. The number of ether oxygens (including phenoxy) is 2. The van der Waals surface area contributed by atoms with Crippen LogP contribution in [0.15, 0.2) is 97.1 Å². The molecule has 44 heavy (non-hydrogen) atoms. The van der Waals surface area contributed by atoms with Crippen molar-refractivity contribution in [3.63, 3.8) is 0 Å². The van der Waals surface area contributed by atoms with Crippen LogP contribution in [0.2, 0.25) is 0 Å². The molecule has 5 aromatic carbocycles. The van der Waals surface area contributed by atoms with Crippen LogP contribution in [0.25, 0.3) is 10.8 Å². The fourth-order valence-corrected chi connectivity index (χ4v) is 11.3. The minimum absolute atomic E-state index is 0.0266. The molecule has 1 aliphatic carbocycles. The molecule has 0 amide bonds. The Hall–Kier alpha value is -3.98. The van der Waals surface area contributed by atoms with Crippen molar-refractivity contribution in [3.8, 4) is 0 Å². The summed E-state index contributed by atoms with van der Waals surface area (Å²) in [7, 11) is 0. The highest BCUT2D eigenvalue weighted by atomic mass is 16.6. The van der Waals surface area contributed by atoms with Crippen LogP contribution in [0.1, 0.15) is 66.8 Å². The first-order chi connectivity index (χ1) is 21.2. The second-order valence-corrected chi connectivity index (χ2v) is 14.4. The van der Waals surface area contributed by atoms with Crippen LogP contribution in [0, 0.1) is 53.4 Å². The summed E-state index contributed by atoms with van der Waals surface area (Å²) in [5, 5.41) is 2.53. The van der Waals surface area contributed by atoms with E-state index in [1.807, 2.05) is 0 Å². The van der Waals surface area contributed by atoms with E-state index >= 15 is 0 Å². The van der Waals surface area contributed by atoms with Crippen molar-refractivity contribution in [3.05, 3.63) is 164 Å². The Kier molecular flexibility index (Phi) is 4.39. The molecular formula is C42H36O2. The summed E-state index contributed by atoms with van der Waals surface area (Å²) in [5.41, 5.74) is 12.9. The van der Waals surface area contributed by atoms with Crippen LogP contribution < -0.4 is 0 Å². The lowest BCUT2D eigenvalue weighted by Crippen LogP contribution is -2.52. The highest BCUT2D eigenvalue weighted by Gasteiger charge is 2.86. The molecule has 0 N–H and O–H groups in total. The number of fused-ring (bicyclic) bond motifs is 6. The molecule has 2 spiro atoms. The summed E-state index contributed by atoms with van der Waals surface area (Å²) in [5.74, 6) is 0.0920. The molecule has 2 nitrogen and oxygen atoms in total. The first kappa shape index (κ1) is 25.4. The van der Waals surface area contributed by atoms with Crippen LogP contribution in [0.5, 0.6) is 0 Å².